The SMILES string of the molecule is Brc1cccc(-c2cc(-c3ccccc3)n3c(n2)nc2ccccc23)c1. The lowest BCUT2D eigenvalue weighted by Gasteiger charge is -2.10. The Bertz CT molecular complexity index is 1240. The number of para-hydroxylation sites is 2. The smallest absolute Gasteiger partial charge is 0.235 e. The summed E-state index contributed by atoms with van der Waals surface area (Å²) in [6.45, 7) is 0. The molecule has 26 heavy (non-hydrogen) atoms. The molecule has 2 aromatic heterocycles. The zero-order valence-electron chi connectivity index (χ0n) is 13.8. The Labute approximate surface area is 159 Å². The van der Waals surface area contributed by atoms with Gasteiger partial charge in [0.25, 0.3) is 0 Å². The summed E-state index contributed by atoms with van der Waals surface area (Å²) in [5, 5.41) is 0. The van der Waals surface area contributed by atoms with Crippen LogP contribution in [0.1, 0.15) is 0 Å². The summed E-state index contributed by atoms with van der Waals surface area (Å²) >= 11 is 3.55. The van der Waals surface area contributed by atoms with Gasteiger partial charge in [0.2, 0.25) is 5.78 Å². The van der Waals surface area contributed by atoms with Crippen LogP contribution in [0.2, 0.25) is 0 Å². The molecule has 124 valence electrons. The topological polar surface area (TPSA) is 30.2 Å². The molecule has 0 unspecified atom stereocenters. The van der Waals surface area contributed by atoms with Crippen molar-refractivity contribution in [1.29, 1.82) is 0 Å². The summed E-state index contributed by atoms with van der Waals surface area (Å²) in [7, 11) is 0. The molecule has 0 amide bonds. The van der Waals surface area contributed by atoms with Crippen LogP contribution < -0.4 is 0 Å². The molecule has 0 bridgehead atoms. The molecular formula is C22H14BrN3. The minimum atomic E-state index is 0.711. The van der Waals surface area contributed by atoms with E-state index in [1.807, 2.05) is 36.4 Å². The Hall–Kier alpha value is -2.98. The van der Waals surface area contributed by atoms with Crippen molar-refractivity contribution >= 4 is 32.7 Å². The molecule has 0 spiro atoms. The summed E-state index contributed by atoms with van der Waals surface area (Å²) in [5.74, 6) is 0.711. The van der Waals surface area contributed by atoms with Gasteiger partial charge in [-0.05, 0) is 35.9 Å². The van der Waals surface area contributed by atoms with E-state index in [9.17, 15) is 0 Å². The Balaban J connectivity index is 1.89. The fourth-order valence-electron chi connectivity index (χ4n) is 3.28. The van der Waals surface area contributed by atoms with Gasteiger partial charge in [-0.25, -0.2) is 9.97 Å². The van der Waals surface area contributed by atoms with Crippen molar-refractivity contribution in [3.63, 3.8) is 0 Å². The Morgan fingerprint density at radius 3 is 2.31 bits per heavy atom. The molecule has 0 saturated heterocycles. The van der Waals surface area contributed by atoms with Crippen LogP contribution in [-0.4, -0.2) is 14.4 Å². The maximum Gasteiger partial charge on any atom is 0.235 e. The second-order valence-corrected chi connectivity index (χ2v) is 7.05. The third kappa shape index (κ3) is 2.50. The lowest BCUT2D eigenvalue weighted by Crippen LogP contribution is -1.97. The summed E-state index contributed by atoms with van der Waals surface area (Å²) < 4.78 is 3.16. The van der Waals surface area contributed by atoms with Gasteiger partial charge in [0.05, 0.1) is 22.4 Å². The number of imidazole rings is 1. The molecule has 0 N–H and O–H groups in total. The van der Waals surface area contributed by atoms with Crippen LogP contribution in [0.15, 0.2) is 89.4 Å². The fourth-order valence-corrected chi connectivity index (χ4v) is 3.68. The van der Waals surface area contributed by atoms with Gasteiger partial charge in [-0.15, -0.1) is 0 Å². The lowest BCUT2D eigenvalue weighted by molar-refractivity contribution is 1.14. The van der Waals surface area contributed by atoms with Gasteiger partial charge >= 0.3 is 0 Å². The van der Waals surface area contributed by atoms with Gasteiger partial charge in [-0.3, -0.25) is 4.40 Å². The van der Waals surface area contributed by atoms with Crippen molar-refractivity contribution in [2.45, 2.75) is 0 Å². The van der Waals surface area contributed by atoms with E-state index in [0.29, 0.717) is 5.78 Å². The van der Waals surface area contributed by atoms with E-state index in [-0.39, 0.29) is 0 Å². The van der Waals surface area contributed by atoms with E-state index in [1.54, 1.807) is 0 Å². The maximum atomic E-state index is 4.84. The Morgan fingerprint density at radius 1 is 0.692 bits per heavy atom. The first-order valence-corrected chi connectivity index (χ1v) is 9.18. The number of rotatable bonds is 2. The molecule has 3 nitrogen and oxygen atoms in total. The van der Waals surface area contributed by atoms with Crippen LogP contribution >= 0.6 is 15.9 Å². The standard InChI is InChI=1S/C22H14BrN3/c23-17-10-6-9-16(13-17)19-14-21(15-7-2-1-3-8-15)26-20-12-5-4-11-18(20)24-22(26)25-19/h1-14H. The zero-order chi connectivity index (χ0) is 17.5. The van der Waals surface area contributed by atoms with Crippen molar-refractivity contribution in [2.75, 3.05) is 0 Å². The predicted molar refractivity (Wildman–Crippen MR) is 109 cm³/mol. The zero-order valence-corrected chi connectivity index (χ0v) is 15.4. The van der Waals surface area contributed by atoms with Crippen LogP contribution in [0, 0.1) is 0 Å². The maximum absolute atomic E-state index is 4.84. The van der Waals surface area contributed by atoms with Gasteiger partial charge in [-0.1, -0.05) is 70.5 Å². The number of hydrogen-bond donors (Lipinski definition) is 0. The minimum Gasteiger partial charge on any atom is -0.276 e. The van der Waals surface area contributed by atoms with E-state index in [4.69, 9.17) is 9.97 Å². The highest BCUT2D eigenvalue weighted by Gasteiger charge is 2.14. The van der Waals surface area contributed by atoms with Crippen LogP contribution in [0.3, 0.4) is 0 Å². The van der Waals surface area contributed by atoms with E-state index in [2.05, 4.69) is 68.9 Å². The third-order valence-corrected chi connectivity index (χ3v) is 4.96. The molecule has 0 aliphatic heterocycles. The first-order valence-electron chi connectivity index (χ1n) is 8.39. The number of hydrogen-bond acceptors (Lipinski definition) is 2. The predicted octanol–water partition coefficient (Wildman–Crippen LogP) is 5.98. The summed E-state index contributed by atoms with van der Waals surface area (Å²) in [6, 6.07) is 28.9. The second kappa shape index (κ2) is 6.07. The number of benzene rings is 3. The van der Waals surface area contributed by atoms with Crippen molar-refractivity contribution in [2.24, 2.45) is 0 Å². The summed E-state index contributed by atoms with van der Waals surface area (Å²) in [4.78, 5) is 9.59. The fraction of sp³-hybridized carbons (Fsp3) is 0. The van der Waals surface area contributed by atoms with E-state index in [0.717, 1.165) is 38.0 Å². The quantitative estimate of drug-likeness (QED) is 0.365. The molecule has 0 fully saturated rings. The van der Waals surface area contributed by atoms with Crippen LogP contribution in [0.5, 0.6) is 0 Å². The molecule has 0 aliphatic carbocycles. The molecular weight excluding hydrogens is 386 g/mol. The molecule has 0 atom stereocenters. The van der Waals surface area contributed by atoms with E-state index >= 15 is 0 Å². The van der Waals surface area contributed by atoms with Gasteiger partial charge in [0.1, 0.15) is 0 Å². The highest BCUT2D eigenvalue weighted by atomic mass is 79.9. The summed E-state index contributed by atoms with van der Waals surface area (Å²) in [6.07, 6.45) is 0. The van der Waals surface area contributed by atoms with Crippen LogP contribution in [0.25, 0.3) is 39.3 Å². The minimum absolute atomic E-state index is 0.711. The van der Waals surface area contributed by atoms with Crippen LogP contribution in [-0.2, 0) is 0 Å². The largest absolute Gasteiger partial charge is 0.276 e. The second-order valence-electron chi connectivity index (χ2n) is 6.14. The molecule has 4 heteroatoms. The normalized spacial score (nSPS) is 11.3. The first-order chi connectivity index (χ1) is 12.8. The highest BCUT2D eigenvalue weighted by molar-refractivity contribution is 9.10. The molecule has 0 saturated carbocycles. The molecule has 3 aromatic carbocycles. The van der Waals surface area contributed by atoms with Crippen molar-refractivity contribution in [1.82, 2.24) is 14.4 Å². The molecule has 5 aromatic rings. The molecule has 5 rings (SSSR count). The van der Waals surface area contributed by atoms with Gasteiger partial charge in [0, 0.05) is 10.0 Å². The third-order valence-electron chi connectivity index (χ3n) is 4.47. The van der Waals surface area contributed by atoms with Gasteiger partial charge < -0.3 is 0 Å². The Morgan fingerprint density at radius 2 is 1.46 bits per heavy atom. The Kier molecular flexibility index (Phi) is 3.57. The monoisotopic (exact) mass is 399 g/mol. The van der Waals surface area contributed by atoms with Crippen molar-refractivity contribution in [3.8, 4) is 22.5 Å². The van der Waals surface area contributed by atoms with Crippen LogP contribution in [0.4, 0.5) is 0 Å². The first kappa shape index (κ1) is 15.3. The van der Waals surface area contributed by atoms with Crippen molar-refractivity contribution in [3.05, 3.63) is 89.4 Å². The van der Waals surface area contributed by atoms with Crippen molar-refractivity contribution < 1.29 is 0 Å². The van der Waals surface area contributed by atoms with E-state index in [1.165, 1.54) is 0 Å². The average molecular weight is 400 g/mol. The highest BCUT2D eigenvalue weighted by Crippen LogP contribution is 2.30. The summed E-state index contributed by atoms with van der Waals surface area (Å²) in [5.41, 5.74) is 6.20. The van der Waals surface area contributed by atoms with E-state index < -0.39 is 0 Å². The van der Waals surface area contributed by atoms with Gasteiger partial charge in [0.15, 0.2) is 0 Å². The number of halogens is 1. The number of aromatic nitrogens is 3. The number of fused-ring (bicyclic) bond motifs is 3. The molecule has 2 heterocycles. The molecule has 0 aliphatic rings. The molecule has 0 radical (unpaired) electrons. The lowest BCUT2D eigenvalue weighted by atomic mass is 10.1. The number of nitrogens with zero attached hydrogens (tertiary/aromatic N) is 3. The van der Waals surface area contributed by atoms with Gasteiger partial charge in [-0.2, -0.15) is 0 Å². The average Bonchev–Trinajstić information content (AvgIpc) is 3.06.